The van der Waals surface area contributed by atoms with Crippen molar-refractivity contribution in [1.82, 2.24) is 20.0 Å². The molecule has 2 aromatic rings. The minimum Gasteiger partial charge on any atom is -0.376 e. The first-order valence-corrected chi connectivity index (χ1v) is 11.6. The van der Waals surface area contributed by atoms with Gasteiger partial charge in [-0.25, -0.2) is 0 Å². The van der Waals surface area contributed by atoms with E-state index in [2.05, 4.69) is 10.4 Å². The predicted molar refractivity (Wildman–Crippen MR) is 124 cm³/mol. The quantitative estimate of drug-likeness (QED) is 0.716. The Labute approximate surface area is 190 Å². The number of aromatic nitrogens is 2. The largest absolute Gasteiger partial charge is 0.376 e. The molecule has 0 spiro atoms. The summed E-state index contributed by atoms with van der Waals surface area (Å²) in [6.45, 7) is 5.63. The van der Waals surface area contributed by atoms with Gasteiger partial charge in [-0.3, -0.25) is 14.3 Å². The Hall–Kier alpha value is -2.71. The Bertz CT molecular complexity index is 889. The van der Waals surface area contributed by atoms with Crippen molar-refractivity contribution in [2.75, 3.05) is 13.2 Å². The van der Waals surface area contributed by atoms with Gasteiger partial charge in [0.05, 0.1) is 11.8 Å². The summed E-state index contributed by atoms with van der Waals surface area (Å²) in [6, 6.07) is 8.83. The molecule has 0 saturated carbocycles. The number of carbonyl (C=O) groups excluding carboxylic acids is 2. The van der Waals surface area contributed by atoms with Crippen LogP contribution in [0.15, 0.2) is 36.5 Å². The van der Waals surface area contributed by atoms with Crippen LogP contribution in [0, 0.1) is 0 Å². The van der Waals surface area contributed by atoms with Gasteiger partial charge in [-0.05, 0) is 42.9 Å². The molecule has 8 heteroatoms. The summed E-state index contributed by atoms with van der Waals surface area (Å²) in [5.41, 5.74) is 9.25. The normalized spacial score (nSPS) is 21.1. The third-order valence-electron chi connectivity index (χ3n) is 6.03. The van der Waals surface area contributed by atoms with Crippen LogP contribution in [-0.4, -0.2) is 57.8 Å². The highest BCUT2D eigenvalue weighted by Crippen LogP contribution is 2.22. The summed E-state index contributed by atoms with van der Waals surface area (Å²) < 4.78 is 7.38. The van der Waals surface area contributed by atoms with Crippen molar-refractivity contribution >= 4 is 11.8 Å². The number of hydrogen-bond donors (Lipinski definition) is 2. The summed E-state index contributed by atoms with van der Waals surface area (Å²) in [7, 11) is 1.91. The Morgan fingerprint density at radius 2 is 1.94 bits per heavy atom. The van der Waals surface area contributed by atoms with Crippen molar-refractivity contribution in [2.24, 2.45) is 12.8 Å². The number of likely N-dealkylation sites (tertiary alicyclic amines) is 1. The molecule has 1 aromatic heterocycles. The Morgan fingerprint density at radius 1 is 1.19 bits per heavy atom. The van der Waals surface area contributed by atoms with E-state index in [-0.39, 0.29) is 17.9 Å². The zero-order valence-electron chi connectivity index (χ0n) is 19.3. The molecule has 2 aliphatic heterocycles. The lowest BCUT2D eigenvalue weighted by atomic mass is 10.1. The standard InChI is InChI=1S/C22H29N5O3.C2H6/c1-26-17(10-11-25-26)16-8-6-15(7-9-16)14-24-21(28)18-4-2-12-27(18)22(29)20(23)19-5-3-13-30-19;1-2/h6-11,18-20H,2-5,12-14,23H2,1H3,(H,24,28);1-2H3/t18?,19-,20?;/m1./s1. The Kier molecular flexibility index (Phi) is 8.41. The van der Waals surface area contributed by atoms with Crippen LogP contribution in [0.3, 0.4) is 0 Å². The van der Waals surface area contributed by atoms with Gasteiger partial charge >= 0.3 is 0 Å². The predicted octanol–water partition coefficient (Wildman–Crippen LogP) is 2.23. The average Bonchev–Trinajstić information content (AvgIpc) is 3.60. The van der Waals surface area contributed by atoms with Crippen LogP contribution in [-0.2, 0) is 27.9 Å². The molecule has 32 heavy (non-hydrogen) atoms. The second-order valence-electron chi connectivity index (χ2n) is 8.02. The van der Waals surface area contributed by atoms with Crippen molar-refractivity contribution < 1.29 is 14.3 Å². The Balaban J connectivity index is 0.00000141. The van der Waals surface area contributed by atoms with E-state index in [1.807, 2.05) is 55.9 Å². The summed E-state index contributed by atoms with van der Waals surface area (Å²) >= 11 is 0. The molecule has 174 valence electrons. The van der Waals surface area contributed by atoms with Crippen LogP contribution in [0.1, 0.15) is 45.1 Å². The molecule has 2 fully saturated rings. The third kappa shape index (κ3) is 5.37. The van der Waals surface area contributed by atoms with Crippen molar-refractivity contribution in [3.8, 4) is 11.3 Å². The van der Waals surface area contributed by atoms with Gasteiger partial charge in [0, 0.05) is 32.9 Å². The number of carbonyl (C=O) groups is 2. The lowest BCUT2D eigenvalue weighted by Crippen LogP contribution is -2.54. The van der Waals surface area contributed by atoms with E-state index in [0.29, 0.717) is 26.1 Å². The Morgan fingerprint density at radius 3 is 2.56 bits per heavy atom. The minimum atomic E-state index is -0.694. The molecule has 0 aliphatic carbocycles. The molecule has 0 radical (unpaired) electrons. The van der Waals surface area contributed by atoms with E-state index in [1.165, 1.54) is 0 Å². The fraction of sp³-hybridized carbons (Fsp3) is 0.542. The van der Waals surface area contributed by atoms with Crippen molar-refractivity contribution in [3.05, 3.63) is 42.1 Å². The molecule has 0 bridgehead atoms. The van der Waals surface area contributed by atoms with Gasteiger partial charge in [0.25, 0.3) is 0 Å². The number of nitrogens with one attached hydrogen (secondary N) is 1. The zero-order chi connectivity index (χ0) is 23.1. The topological polar surface area (TPSA) is 102 Å². The number of amides is 2. The van der Waals surface area contributed by atoms with Gasteiger partial charge in [-0.1, -0.05) is 38.1 Å². The SMILES string of the molecule is CC.Cn1nccc1-c1ccc(CNC(=O)C2CCCN2C(=O)C(N)[C@H]2CCCO2)cc1. The molecule has 2 unspecified atom stereocenters. The van der Waals surface area contributed by atoms with Crippen LogP contribution in [0.2, 0.25) is 0 Å². The van der Waals surface area contributed by atoms with Crippen molar-refractivity contribution in [3.63, 3.8) is 0 Å². The van der Waals surface area contributed by atoms with Crippen LogP contribution < -0.4 is 11.1 Å². The summed E-state index contributed by atoms with van der Waals surface area (Å²) in [5, 5.41) is 7.17. The van der Waals surface area contributed by atoms with E-state index >= 15 is 0 Å². The number of ether oxygens (including phenoxy) is 1. The molecule has 8 nitrogen and oxygen atoms in total. The lowest BCUT2D eigenvalue weighted by molar-refractivity contribution is -0.141. The number of hydrogen-bond acceptors (Lipinski definition) is 5. The molecule has 1 aromatic carbocycles. The van der Waals surface area contributed by atoms with Gasteiger partial charge < -0.3 is 20.7 Å². The van der Waals surface area contributed by atoms with Crippen LogP contribution in [0.4, 0.5) is 0 Å². The first-order chi connectivity index (χ1) is 15.5. The molecule has 4 rings (SSSR count). The summed E-state index contributed by atoms with van der Waals surface area (Å²) in [5.74, 6) is -0.309. The lowest BCUT2D eigenvalue weighted by Gasteiger charge is -2.28. The van der Waals surface area contributed by atoms with Crippen LogP contribution in [0.25, 0.3) is 11.3 Å². The van der Waals surface area contributed by atoms with Gasteiger partial charge in [0.15, 0.2) is 0 Å². The number of rotatable bonds is 6. The molecule has 2 saturated heterocycles. The second-order valence-corrected chi connectivity index (χ2v) is 8.02. The van der Waals surface area contributed by atoms with E-state index in [0.717, 1.165) is 36.1 Å². The molecular formula is C24H35N5O3. The van der Waals surface area contributed by atoms with Crippen molar-refractivity contribution in [1.29, 1.82) is 0 Å². The molecule has 3 heterocycles. The molecule has 3 N–H and O–H groups in total. The highest BCUT2D eigenvalue weighted by atomic mass is 16.5. The van der Waals surface area contributed by atoms with E-state index in [9.17, 15) is 9.59 Å². The monoisotopic (exact) mass is 441 g/mol. The maximum Gasteiger partial charge on any atom is 0.243 e. The third-order valence-corrected chi connectivity index (χ3v) is 6.03. The zero-order valence-corrected chi connectivity index (χ0v) is 19.3. The highest BCUT2D eigenvalue weighted by molar-refractivity contribution is 5.90. The molecular weight excluding hydrogens is 406 g/mol. The molecule has 2 aliphatic rings. The summed E-state index contributed by atoms with van der Waals surface area (Å²) in [4.78, 5) is 27.3. The minimum absolute atomic E-state index is 0.129. The maximum atomic E-state index is 12.8. The van der Waals surface area contributed by atoms with E-state index in [1.54, 1.807) is 11.1 Å². The van der Waals surface area contributed by atoms with Gasteiger partial charge in [0.1, 0.15) is 12.1 Å². The highest BCUT2D eigenvalue weighted by Gasteiger charge is 2.39. The van der Waals surface area contributed by atoms with Crippen LogP contribution in [0.5, 0.6) is 0 Å². The number of nitrogens with zero attached hydrogens (tertiary/aromatic N) is 3. The second kappa shape index (κ2) is 11.2. The van der Waals surface area contributed by atoms with Crippen LogP contribution >= 0.6 is 0 Å². The maximum absolute atomic E-state index is 12.8. The first-order valence-electron chi connectivity index (χ1n) is 11.6. The fourth-order valence-corrected chi connectivity index (χ4v) is 4.30. The molecule has 2 amide bonds. The van der Waals surface area contributed by atoms with E-state index < -0.39 is 12.1 Å². The average molecular weight is 442 g/mol. The fourth-order valence-electron chi connectivity index (χ4n) is 4.30. The van der Waals surface area contributed by atoms with Gasteiger partial charge in [-0.2, -0.15) is 5.10 Å². The summed E-state index contributed by atoms with van der Waals surface area (Å²) in [6.07, 6.45) is 4.72. The van der Waals surface area contributed by atoms with E-state index in [4.69, 9.17) is 10.5 Å². The van der Waals surface area contributed by atoms with Gasteiger partial charge in [0.2, 0.25) is 11.8 Å². The van der Waals surface area contributed by atoms with Crippen molar-refractivity contribution in [2.45, 2.75) is 64.3 Å². The number of benzene rings is 1. The molecule has 3 atom stereocenters. The van der Waals surface area contributed by atoms with Gasteiger partial charge in [-0.15, -0.1) is 0 Å². The number of aryl methyl sites for hydroxylation is 1. The number of nitrogens with two attached hydrogens (primary N) is 1. The smallest absolute Gasteiger partial charge is 0.243 e. The first kappa shape index (κ1) is 23.9.